The van der Waals surface area contributed by atoms with Gasteiger partial charge in [-0.2, -0.15) is 0 Å². The summed E-state index contributed by atoms with van der Waals surface area (Å²) in [6.07, 6.45) is 1.57. The Morgan fingerprint density at radius 2 is 1.55 bits per heavy atom. The van der Waals surface area contributed by atoms with Crippen LogP contribution in [-0.2, 0) is 11.2 Å². The van der Waals surface area contributed by atoms with Gasteiger partial charge in [-0.25, -0.2) is 0 Å². The number of aliphatic hydroxyl groups excluding tert-OH is 1. The summed E-state index contributed by atoms with van der Waals surface area (Å²) < 4.78 is 0. The lowest BCUT2D eigenvalue weighted by molar-refractivity contribution is -0.111. The number of rotatable bonds is 10. The van der Waals surface area contributed by atoms with Gasteiger partial charge in [0.2, 0.25) is 0 Å². The molecule has 1 saturated heterocycles. The van der Waals surface area contributed by atoms with Crippen LogP contribution in [0.3, 0.4) is 0 Å². The van der Waals surface area contributed by atoms with Crippen molar-refractivity contribution in [1.29, 1.82) is 0 Å². The normalized spacial score (nSPS) is 16.0. The monoisotopic (exact) mass is 443 g/mol. The fourth-order valence-corrected chi connectivity index (χ4v) is 4.35. The highest BCUT2D eigenvalue weighted by atomic mass is 16.3. The second-order valence-electron chi connectivity index (χ2n) is 8.98. The lowest BCUT2D eigenvalue weighted by atomic mass is 9.93. The van der Waals surface area contributed by atoms with Gasteiger partial charge in [-0.05, 0) is 43.5 Å². The van der Waals surface area contributed by atoms with Crippen LogP contribution in [0.15, 0.2) is 72.8 Å². The second kappa shape index (κ2) is 10.6. The van der Waals surface area contributed by atoms with E-state index in [9.17, 15) is 9.90 Å². The number of hydrogen-bond donors (Lipinski definition) is 3. The number of para-hydroxylation sites is 2. The zero-order valence-electron chi connectivity index (χ0n) is 19.4. The Bertz CT molecular complexity index is 1040. The molecule has 1 aliphatic heterocycles. The van der Waals surface area contributed by atoms with E-state index in [1.807, 2.05) is 24.3 Å². The third kappa shape index (κ3) is 5.81. The SMILES string of the molecule is Cc1ccc(CCNc2ccccc2N[C@H](C=O)C(c2ccc(C)cc2)N2CC(O)C2)cc1. The Morgan fingerprint density at radius 3 is 2.15 bits per heavy atom. The average Bonchev–Trinajstić information content (AvgIpc) is 2.80. The van der Waals surface area contributed by atoms with Crippen molar-refractivity contribution in [2.75, 3.05) is 30.3 Å². The molecule has 1 heterocycles. The number of carbonyl (C=O) groups is 1. The van der Waals surface area contributed by atoms with Crippen molar-refractivity contribution < 1.29 is 9.90 Å². The molecule has 0 aromatic heterocycles. The first kappa shape index (κ1) is 23.0. The molecule has 0 spiro atoms. The maximum atomic E-state index is 12.3. The van der Waals surface area contributed by atoms with Crippen molar-refractivity contribution in [2.45, 2.75) is 38.5 Å². The number of hydrogen-bond acceptors (Lipinski definition) is 5. The van der Waals surface area contributed by atoms with E-state index >= 15 is 0 Å². The largest absolute Gasteiger partial charge is 0.390 e. The molecule has 4 rings (SSSR count). The summed E-state index contributed by atoms with van der Waals surface area (Å²) in [7, 11) is 0. The molecule has 0 amide bonds. The molecule has 2 atom stereocenters. The van der Waals surface area contributed by atoms with E-state index in [2.05, 4.69) is 77.9 Å². The number of aldehydes is 1. The summed E-state index contributed by atoms with van der Waals surface area (Å²) >= 11 is 0. The number of likely N-dealkylation sites (tertiary alicyclic amines) is 1. The van der Waals surface area contributed by atoms with Crippen LogP contribution in [0.2, 0.25) is 0 Å². The Balaban J connectivity index is 1.49. The molecule has 3 aromatic carbocycles. The topological polar surface area (TPSA) is 64.6 Å². The molecule has 0 radical (unpaired) electrons. The molecular formula is C28H33N3O2. The molecule has 0 aliphatic carbocycles. The lowest BCUT2D eigenvalue weighted by Crippen LogP contribution is -2.56. The van der Waals surface area contributed by atoms with Gasteiger partial charge >= 0.3 is 0 Å². The molecule has 5 nitrogen and oxygen atoms in total. The van der Waals surface area contributed by atoms with E-state index in [1.54, 1.807) is 0 Å². The highest BCUT2D eigenvalue weighted by Gasteiger charge is 2.36. The summed E-state index contributed by atoms with van der Waals surface area (Å²) in [5.74, 6) is 0. The number of carbonyl (C=O) groups excluding carboxylic acids is 1. The van der Waals surface area contributed by atoms with E-state index in [1.165, 1.54) is 16.7 Å². The van der Waals surface area contributed by atoms with Gasteiger partial charge in [-0.15, -0.1) is 0 Å². The fraction of sp³-hybridized carbons (Fsp3) is 0.321. The van der Waals surface area contributed by atoms with Crippen LogP contribution in [0.5, 0.6) is 0 Å². The number of β-amino-alcohol motifs (C(OH)–C–C–N with tert-alkyl or cyclic N) is 1. The number of benzene rings is 3. The van der Waals surface area contributed by atoms with Crippen LogP contribution >= 0.6 is 0 Å². The molecule has 172 valence electrons. The van der Waals surface area contributed by atoms with Gasteiger partial charge in [0.1, 0.15) is 12.3 Å². The number of aliphatic hydroxyl groups is 1. The van der Waals surface area contributed by atoms with Crippen LogP contribution in [-0.4, -0.2) is 48.1 Å². The van der Waals surface area contributed by atoms with Gasteiger partial charge < -0.3 is 20.5 Å². The molecule has 5 heteroatoms. The number of anilines is 2. The second-order valence-corrected chi connectivity index (χ2v) is 8.98. The molecule has 1 fully saturated rings. The number of aryl methyl sites for hydroxylation is 2. The minimum absolute atomic E-state index is 0.146. The summed E-state index contributed by atoms with van der Waals surface area (Å²) in [6, 6.07) is 24.3. The molecule has 1 aliphatic rings. The zero-order chi connectivity index (χ0) is 23.2. The third-order valence-corrected chi connectivity index (χ3v) is 6.29. The maximum Gasteiger partial charge on any atom is 0.144 e. The first-order chi connectivity index (χ1) is 16.0. The van der Waals surface area contributed by atoms with Gasteiger partial charge in [0.05, 0.1) is 23.5 Å². The number of nitrogens with zero attached hydrogens (tertiary/aromatic N) is 1. The zero-order valence-corrected chi connectivity index (χ0v) is 19.4. The average molecular weight is 444 g/mol. The summed E-state index contributed by atoms with van der Waals surface area (Å²) in [4.78, 5) is 14.4. The van der Waals surface area contributed by atoms with E-state index in [4.69, 9.17) is 0 Å². The molecular weight excluding hydrogens is 410 g/mol. The molecule has 33 heavy (non-hydrogen) atoms. The van der Waals surface area contributed by atoms with E-state index < -0.39 is 6.04 Å². The van der Waals surface area contributed by atoms with Gasteiger partial charge in [-0.1, -0.05) is 71.8 Å². The fourth-order valence-electron chi connectivity index (χ4n) is 4.35. The predicted molar refractivity (Wildman–Crippen MR) is 135 cm³/mol. The summed E-state index contributed by atoms with van der Waals surface area (Å²) in [6.45, 7) is 6.09. The summed E-state index contributed by atoms with van der Waals surface area (Å²) in [5.41, 5.74) is 6.68. The standard InChI is InChI=1S/C28H33N3O2/c1-20-7-11-22(12-8-20)15-16-29-25-5-3-4-6-26(25)30-27(19-32)28(31-17-24(33)18-31)23-13-9-21(2)10-14-23/h3-14,19,24,27-30,33H,15-18H2,1-2H3/t27-,28?/m1/s1. The van der Waals surface area contributed by atoms with Crippen LogP contribution < -0.4 is 10.6 Å². The van der Waals surface area contributed by atoms with Crippen molar-refractivity contribution in [3.8, 4) is 0 Å². The van der Waals surface area contributed by atoms with Gasteiger partial charge in [0.25, 0.3) is 0 Å². The molecule has 1 unspecified atom stereocenters. The quantitative estimate of drug-likeness (QED) is 0.407. The van der Waals surface area contributed by atoms with Crippen LogP contribution in [0, 0.1) is 13.8 Å². The van der Waals surface area contributed by atoms with Crippen LogP contribution in [0.1, 0.15) is 28.3 Å². The Hall–Kier alpha value is -3.15. The third-order valence-electron chi connectivity index (χ3n) is 6.29. The lowest BCUT2D eigenvalue weighted by Gasteiger charge is -2.44. The first-order valence-electron chi connectivity index (χ1n) is 11.6. The Morgan fingerprint density at radius 1 is 0.939 bits per heavy atom. The van der Waals surface area contributed by atoms with Crippen molar-refractivity contribution in [2.24, 2.45) is 0 Å². The van der Waals surface area contributed by atoms with Gasteiger partial charge in [0.15, 0.2) is 0 Å². The van der Waals surface area contributed by atoms with Crippen molar-refractivity contribution in [3.05, 3.63) is 95.1 Å². The highest BCUT2D eigenvalue weighted by molar-refractivity contribution is 5.74. The minimum atomic E-state index is -0.444. The van der Waals surface area contributed by atoms with Gasteiger partial charge in [-0.3, -0.25) is 4.90 Å². The number of nitrogens with one attached hydrogen (secondary N) is 2. The molecule has 3 N–H and O–H groups in total. The van der Waals surface area contributed by atoms with E-state index in [0.29, 0.717) is 13.1 Å². The van der Waals surface area contributed by atoms with Crippen molar-refractivity contribution in [1.82, 2.24) is 4.90 Å². The smallest absolute Gasteiger partial charge is 0.144 e. The molecule has 0 bridgehead atoms. The predicted octanol–water partition coefficient (Wildman–Crippen LogP) is 4.36. The first-order valence-corrected chi connectivity index (χ1v) is 11.6. The minimum Gasteiger partial charge on any atom is -0.390 e. The highest BCUT2D eigenvalue weighted by Crippen LogP contribution is 2.32. The van der Waals surface area contributed by atoms with Crippen LogP contribution in [0.25, 0.3) is 0 Å². The van der Waals surface area contributed by atoms with Gasteiger partial charge in [0, 0.05) is 19.6 Å². The molecule has 0 saturated carbocycles. The summed E-state index contributed by atoms with van der Waals surface area (Å²) in [5, 5.41) is 16.9. The van der Waals surface area contributed by atoms with E-state index in [0.717, 1.165) is 36.2 Å². The maximum absolute atomic E-state index is 12.3. The molecule has 3 aromatic rings. The van der Waals surface area contributed by atoms with Crippen molar-refractivity contribution in [3.63, 3.8) is 0 Å². The Labute approximate surface area is 196 Å². The van der Waals surface area contributed by atoms with E-state index in [-0.39, 0.29) is 12.1 Å². The van der Waals surface area contributed by atoms with Crippen LogP contribution in [0.4, 0.5) is 11.4 Å². The van der Waals surface area contributed by atoms with Crippen molar-refractivity contribution >= 4 is 17.7 Å². The Kier molecular flexibility index (Phi) is 7.43.